The summed E-state index contributed by atoms with van der Waals surface area (Å²) in [4.78, 5) is 0. The first kappa shape index (κ1) is 23.3. The molecular formula is C28H44O3. The van der Waals surface area contributed by atoms with Crippen LogP contribution in [0, 0.1) is 23.2 Å². The lowest BCUT2D eigenvalue weighted by molar-refractivity contribution is 0.0596. The highest BCUT2D eigenvalue weighted by Gasteiger charge is 2.50. The predicted molar refractivity (Wildman–Crippen MR) is 127 cm³/mol. The van der Waals surface area contributed by atoms with E-state index in [-0.39, 0.29) is 12.2 Å². The summed E-state index contributed by atoms with van der Waals surface area (Å²) in [6.45, 7) is 9.53. The minimum Gasteiger partial charge on any atom is -0.390 e. The molecule has 2 N–H and O–H groups in total. The Balaban J connectivity index is 1.42. The number of allylic oxidation sites excluding steroid dienone is 3. The third-order valence-electron chi connectivity index (χ3n) is 8.98. The van der Waals surface area contributed by atoms with Gasteiger partial charge in [0.25, 0.3) is 0 Å². The second-order valence-corrected chi connectivity index (χ2v) is 11.8. The lowest BCUT2D eigenvalue weighted by atomic mass is 9.60. The van der Waals surface area contributed by atoms with Gasteiger partial charge in [0.2, 0.25) is 0 Å². The van der Waals surface area contributed by atoms with Crippen molar-refractivity contribution in [1.29, 1.82) is 0 Å². The molecule has 0 aromatic rings. The lowest BCUT2D eigenvalue weighted by Gasteiger charge is -2.44. The van der Waals surface area contributed by atoms with Crippen LogP contribution in [-0.4, -0.2) is 34.6 Å². The van der Waals surface area contributed by atoms with Crippen LogP contribution in [0.25, 0.3) is 0 Å². The normalized spacial score (nSPS) is 39.5. The largest absolute Gasteiger partial charge is 0.390 e. The predicted octanol–water partition coefficient (Wildman–Crippen LogP) is 6.11. The Kier molecular flexibility index (Phi) is 6.87. The maximum Gasteiger partial charge on any atom is 0.0852 e. The number of fused-ring (bicyclic) bond motifs is 2. The van der Waals surface area contributed by atoms with Gasteiger partial charge in [-0.25, -0.2) is 0 Å². The topological polar surface area (TPSA) is 49.7 Å². The fourth-order valence-electron chi connectivity index (χ4n) is 7.34. The van der Waals surface area contributed by atoms with E-state index in [0.717, 1.165) is 43.1 Å². The van der Waals surface area contributed by atoms with Gasteiger partial charge in [0.05, 0.1) is 24.4 Å². The SMILES string of the molecule is C[C@H](CCCC(C)(C)O)C1CCC2C(=CC=C3C[C@@H](O)C4=CCO[C@@H]4C3)CCC[C@@]21C. The van der Waals surface area contributed by atoms with Gasteiger partial charge < -0.3 is 14.9 Å². The standard InChI is InChI=1S/C28H44O3/c1-19(7-5-14-27(2,3)30)23-11-12-24-21(8-6-15-28(23,24)4)10-9-20-17-25(29)22-13-16-31-26(22)18-20/h9-10,13,19,23-26,29-30H,5-8,11-12,14-18H2,1-4H3/t19-,23?,24?,25-,26-,28-/m1/s1. The van der Waals surface area contributed by atoms with Gasteiger partial charge in [-0.05, 0) is 94.0 Å². The molecule has 0 bridgehead atoms. The van der Waals surface area contributed by atoms with E-state index < -0.39 is 5.60 Å². The molecule has 3 aliphatic carbocycles. The number of aliphatic hydroxyl groups excluding tert-OH is 1. The van der Waals surface area contributed by atoms with E-state index in [1.165, 1.54) is 44.1 Å². The van der Waals surface area contributed by atoms with Crippen LogP contribution >= 0.6 is 0 Å². The van der Waals surface area contributed by atoms with Gasteiger partial charge in [-0.2, -0.15) is 0 Å². The van der Waals surface area contributed by atoms with E-state index in [9.17, 15) is 10.2 Å². The van der Waals surface area contributed by atoms with Crippen molar-refractivity contribution in [2.24, 2.45) is 23.2 Å². The molecule has 0 aromatic carbocycles. The van der Waals surface area contributed by atoms with Crippen LogP contribution in [0.3, 0.4) is 0 Å². The molecule has 3 nitrogen and oxygen atoms in total. The van der Waals surface area contributed by atoms with Gasteiger partial charge in [-0.1, -0.05) is 56.1 Å². The van der Waals surface area contributed by atoms with Crippen LogP contribution < -0.4 is 0 Å². The molecular weight excluding hydrogens is 384 g/mol. The molecule has 0 spiro atoms. The van der Waals surface area contributed by atoms with Crippen LogP contribution in [0.5, 0.6) is 0 Å². The monoisotopic (exact) mass is 428 g/mol. The maximum absolute atomic E-state index is 10.5. The van der Waals surface area contributed by atoms with Crippen molar-refractivity contribution in [1.82, 2.24) is 0 Å². The molecule has 2 unspecified atom stereocenters. The van der Waals surface area contributed by atoms with Gasteiger partial charge in [0.15, 0.2) is 0 Å². The molecule has 6 atom stereocenters. The summed E-state index contributed by atoms with van der Waals surface area (Å²) in [7, 11) is 0. The minimum absolute atomic E-state index is 0.102. The molecule has 0 amide bonds. The smallest absolute Gasteiger partial charge is 0.0852 e. The van der Waals surface area contributed by atoms with Gasteiger partial charge in [0, 0.05) is 0 Å². The quantitative estimate of drug-likeness (QED) is 0.502. The fraction of sp³-hybridized carbons (Fsp3) is 0.786. The summed E-state index contributed by atoms with van der Waals surface area (Å²) >= 11 is 0. The molecule has 0 radical (unpaired) electrons. The Morgan fingerprint density at radius 1 is 1.26 bits per heavy atom. The number of rotatable bonds is 6. The van der Waals surface area contributed by atoms with Crippen molar-refractivity contribution in [3.63, 3.8) is 0 Å². The van der Waals surface area contributed by atoms with E-state index in [1.807, 2.05) is 13.8 Å². The van der Waals surface area contributed by atoms with Crippen LogP contribution in [0.2, 0.25) is 0 Å². The van der Waals surface area contributed by atoms with Crippen molar-refractivity contribution in [3.05, 3.63) is 34.9 Å². The number of aliphatic hydroxyl groups is 2. The van der Waals surface area contributed by atoms with Crippen molar-refractivity contribution in [3.8, 4) is 0 Å². The molecule has 0 aromatic heterocycles. The van der Waals surface area contributed by atoms with E-state index >= 15 is 0 Å². The van der Waals surface area contributed by atoms with E-state index in [1.54, 1.807) is 5.57 Å². The second kappa shape index (κ2) is 9.15. The average molecular weight is 429 g/mol. The molecule has 4 rings (SSSR count). The number of ether oxygens (including phenoxy) is 1. The van der Waals surface area contributed by atoms with Crippen LogP contribution in [-0.2, 0) is 4.74 Å². The molecule has 1 aliphatic heterocycles. The van der Waals surface area contributed by atoms with Crippen molar-refractivity contribution < 1.29 is 14.9 Å². The van der Waals surface area contributed by atoms with Crippen LogP contribution in [0.1, 0.15) is 91.9 Å². The molecule has 3 fully saturated rings. The third-order valence-corrected chi connectivity index (χ3v) is 8.98. The Hall–Kier alpha value is -0.900. The van der Waals surface area contributed by atoms with Crippen molar-refractivity contribution >= 4 is 0 Å². The zero-order chi connectivity index (χ0) is 22.2. The lowest BCUT2D eigenvalue weighted by Crippen LogP contribution is -2.36. The van der Waals surface area contributed by atoms with E-state index in [2.05, 4.69) is 32.1 Å². The summed E-state index contributed by atoms with van der Waals surface area (Å²) in [6, 6.07) is 0. The summed E-state index contributed by atoms with van der Waals surface area (Å²) in [6.07, 6.45) is 18.1. The maximum atomic E-state index is 10.5. The fourth-order valence-corrected chi connectivity index (χ4v) is 7.34. The van der Waals surface area contributed by atoms with Gasteiger partial charge in [-0.15, -0.1) is 0 Å². The van der Waals surface area contributed by atoms with E-state index in [0.29, 0.717) is 17.9 Å². The van der Waals surface area contributed by atoms with Gasteiger partial charge in [-0.3, -0.25) is 0 Å². The van der Waals surface area contributed by atoms with Gasteiger partial charge >= 0.3 is 0 Å². The van der Waals surface area contributed by atoms with Crippen molar-refractivity contribution in [2.75, 3.05) is 6.61 Å². The number of hydrogen-bond donors (Lipinski definition) is 2. The Bertz CT molecular complexity index is 740. The average Bonchev–Trinajstić information content (AvgIpc) is 3.29. The first-order chi connectivity index (χ1) is 14.7. The Morgan fingerprint density at radius 2 is 2.06 bits per heavy atom. The minimum atomic E-state index is -0.539. The Morgan fingerprint density at radius 3 is 2.84 bits per heavy atom. The summed E-state index contributed by atoms with van der Waals surface area (Å²) in [5, 5.41) is 20.5. The molecule has 4 aliphatic rings. The first-order valence-electron chi connectivity index (χ1n) is 12.8. The molecule has 1 heterocycles. The molecule has 3 saturated carbocycles. The van der Waals surface area contributed by atoms with Crippen LogP contribution in [0.4, 0.5) is 0 Å². The Labute approximate surface area is 189 Å². The second-order valence-electron chi connectivity index (χ2n) is 11.8. The van der Waals surface area contributed by atoms with E-state index in [4.69, 9.17) is 4.74 Å². The first-order valence-corrected chi connectivity index (χ1v) is 12.8. The molecule has 3 heteroatoms. The highest BCUT2D eigenvalue weighted by molar-refractivity contribution is 5.32. The number of hydrogen-bond acceptors (Lipinski definition) is 3. The third kappa shape index (κ3) is 5.04. The molecule has 31 heavy (non-hydrogen) atoms. The zero-order valence-corrected chi connectivity index (χ0v) is 20.2. The van der Waals surface area contributed by atoms with Gasteiger partial charge in [0.1, 0.15) is 0 Å². The molecule has 174 valence electrons. The summed E-state index contributed by atoms with van der Waals surface area (Å²) < 4.78 is 5.80. The molecule has 0 saturated heterocycles. The zero-order valence-electron chi connectivity index (χ0n) is 20.2. The highest BCUT2D eigenvalue weighted by atomic mass is 16.5. The van der Waals surface area contributed by atoms with Crippen LogP contribution in [0.15, 0.2) is 34.9 Å². The van der Waals surface area contributed by atoms with Crippen molar-refractivity contribution in [2.45, 2.75) is 110 Å². The highest BCUT2D eigenvalue weighted by Crippen LogP contribution is 2.60. The summed E-state index contributed by atoms with van der Waals surface area (Å²) in [5.41, 5.74) is 3.98. The summed E-state index contributed by atoms with van der Waals surface area (Å²) in [5.74, 6) is 2.24.